The number of nitrogens with one attached hydrogen (secondary N) is 1. The summed E-state index contributed by atoms with van der Waals surface area (Å²) in [5, 5.41) is 3.21. The number of benzene rings is 1. The smallest absolute Gasteiger partial charge is 0.238 e. The fourth-order valence-electron chi connectivity index (χ4n) is 2.84. The quantitative estimate of drug-likeness (QED) is 0.904. The molecule has 1 aromatic carbocycles. The Labute approximate surface area is 112 Å². The zero-order chi connectivity index (χ0) is 13.2. The molecule has 3 nitrogen and oxygen atoms in total. The van der Waals surface area contributed by atoms with Crippen LogP contribution in [0, 0.1) is 11.7 Å². The van der Waals surface area contributed by atoms with Gasteiger partial charge in [-0.25, -0.2) is 4.39 Å². The zero-order valence-corrected chi connectivity index (χ0v) is 10.9. The molecule has 0 bridgehead atoms. The predicted molar refractivity (Wildman–Crippen MR) is 70.8 cm³/mol. The molecule has 0 aromatic heterocycles. The van der Waals surface area contributed by atoms with Crippen molar-refractivity contribution >= 4 is 5.91 Å². The zero-order valence-electron chi connectivity index (χ0n) is 10.9. The molecule has 1 heterocycles. The van der Waals surface area contributed by atoms with Gasteiger partial charge in [0.1, 0.15) is 12.0 Å². The van der Waals surface area contributed by atoms with E-state index in [0.717, 1.165) is 24.4 Å². The van der Waals surface area contributed by atoms with Gasteiger partial charge in [-0.05, 0) is 30.0 Å². The van der Waals surface area contributed by atoms with Crippen LogP contribution in [0.25, 0.3) is 0 Å². The van der Waals surface area contributed by atoms with Crippen molar-refractivity contribution in [3.63, 3.8) is 0 Å². The van der Waals surface area contributed by atoms with Gasteiger partial charge < -0.3 is 4.90 Å². The van der Waals surface area contributed by atoms with E-state index >= 15 is 0 Å². The van der Waals surface area contributed by atoms with E-state index in [4.69, 9.17) is 0 Å². The van der Waals surface area contributed by atoms with Gasteiger partial charge in [0.2, 0.25) is 5.91 Å². The molecule has 1 saturated carbocycles. The minimum Gasteiger partial charge on any atom is -0.322 e. The van der Waals surface area contributed by atoms with Gasteiger partial charge in [0, 0.05) is 6.54 Å². The van der Waals surface area contributed by atoms with Gasteiger partial charge in [-0.3, -0.25) is 10.1 Å². The number of carbonyl (C=O) groups is 1. The van der Waals surface area contributed by atoms with E-state index in [1.54, 1.807) is 12.1 Å². The molecule has 1 unspecified atom stereocenters. The first kappa shape index (κ1) is 12.6. The van der Waals surface area contributed by atoms with Crippen molar-refractivity contribution in [2.75, 3.05) is 13.1 Å². The fourth-order valence-corrected chi connectivity index (χ4v) is 2.84. The number of nitrogens with zero attached hydrogens (tertiary/aromatic N) is 1. The summed E-state index contributed by atoms with van der Waals surface area (Å²) in [4.78, 5) is 13.8. The van der Waals surface area contributed by atoms with Crippen molar-refractivity contribution in [3.05, 3.63) is 35.6 Å². The molecule has 1 aromatic rings. The third-order valence-corrected chi connectivity index (χ3v) is 4.27. The Morgan fingerprint density at radius 2 is 2.00 bits per heavy atom. The summed E-state index contributed by atoms with van der Waals surface area (Å²) < 4.78 is 13.0. The minimum absolute atomic E-state index is 0.0897. The summed E-state index contributed by atoms with van der Waals surface area (Å²) in [6.45, 7) is 1.19. The highest BCUT2D eigenvalue weighted by Gasteiger charge is 2.32. The number of amides is 1. The molecular weight excluding hydrogens is 243 g/mol. The number of carbonyl (C=O) groups excluding carboxylic acids is 1. The highest BCUT2D eigenvalue weighted by molar-refractivity contribution is 5.80. The molecule has 1 saturated heterocycles. The first-order valence-corrected chi connectivity index (χ1v) is 7.02. The van der Waals surface area contributed by atoms with Crippen LogP contribution in [0.2, 0.25) is 0 Å². The molecule has 1 atom stereocenters. The number of hydrogen-bond acceptors (Lipinski definition) is 2. The number of rotatable bonds is 4. The molecule has 1 N–H and O–H groups in total. The predicted octanol–water partition coefficient (Wildman–Crippen LogP) is 2.45. The largest absolute Gasteiger partial charge is 0.322 e. The second kappa shape index (κ2) is 5.29. The van der Waals surface area contributed by atoms with Crippen molar-refractivity contribution < 1.29 is 9.18 Å². The molecule has 0 spiro atoms. The normalized spacial score (nSPS) is 23.7. The Morgan fingerprint density at radius 1 is 1.26 bits per heavy atom. The van der Waals surface area contributed by atoms with E-state index in [1.165, 1.54) is 31.4 Å². The molecule has 3 rings (SSSR count). The van der Waals surface area contributed by atoms with Gasteiger partial charge in [0.15, 0.2) is 0 Å². The van der Waals surface area contributed by atoms with Crippen LogP contribution in [0.1, 0.15) is 37.4 Å². The molecule has 1 amide bonds. The van der Waals surface area contributed by atoms with Crippen molar-refractivity contribution in [3.8, 4) is 0 Å². The summed E-state index contributed by atoms with van der Waals surface area (Å²) in [5.41, 5.74) is 0.959. The number of hydrogen-bond donors (Lipinski definition) is 1. The Balaban J connectivity index is 1.68. The van der Waals surface area contributed by atoms with E-state index in [1.807, 2.05) is 4.90 Å². The van der Waals surface area contributed by atoms with Crippen LogP contribution >= 0.6 is 0 Å². The summed E-state index contributed by atoms with van der Waals surface area (Å²) in [7, 11) is 0. The maximum atomic E-state index is 13.0. The van der Waals surface area contributed by atoms with Gasteiger partial charge in [-0.1, -0.05) is 31.4 Å². The van der Waals surface area contributed by atoms with Crippen LogP contribution in [0.3, 0.4) is 0 Å². The first-order chi connectivity index (χ1) is 9.24. The highest BCUT2D eigenvalue weighted by atomic mass is 19.1. The molecule has 4 heteroatoms. The van der Waals surface area contributed by atoms with Crippen molar-refractivity contribution in [2.24, 2.45) is 5.92 Å². The lowest BCUT2D eigenvalue weighted by molar-refractivity contribution is -0.128. The van der Waals surface area contributed by atoms with E-state index in [-0.39, 0.29) is 17.9 Å². The van der Waals surface area contributed by atoms with Crippen LogP contribution in [-0.4, -0.2) is 23.9 Å². The molecule has 2 fully saturated rings. The molecule has 102 valence electrons. The van der Waals surface area contributed by atoms with Crippen LogP contribution in [0.5, 0.6) is 0 Å². The van der Waals surface area contributed by atoms with Crippen LogP contribution < -0.4 is 5.32 Å². The maximum absolute atomic E-state index is 13.0. The van der Waals surface area contributed by atoms with Gasteiger partial charge in [-0.2, -0.15) is 0 Å². The lowest BCUT2D eigenvalue weighted by Gasteiger charge is -2.30. The summed E-state index contributed by atoms with van der Waals surface area (Å²) >= 11 is 0. The Morgan fingerprint density at radius 3 is 2.63 bits per heavy atom. The Bertz CT molecular complexity index is 456. The summed E-state index contributed by atoms with van der Waals surface area (Å²) in [6, 6.07) is 6.40. The molecule has 0 radical (unpaired) electrons. The van der Waals surface area contributed by atoms with E-state index in [2.05, 4.69) is 5.32 Å². The molecule has 1 aliphatic heterocycles. The lowest BCUT2D eigenvalue weighted by atomic mass is 9.83. The van der Waals surface area contributed by atoms with E-state index in [9.17, 15) is 9.18 Å². The van der Waals surface area contributed by atoms with Crippen molar-refractivity contribution in [1.29, 1.82) is 0 Å². The number of halogens is 1. The molecule has 1 aliphatic carbocycles. The van der Waals surface area contributed by atoms with Crippen LogP contribution in [0.15, 0.2) is 24.3 Å². The van der Waals surface area contributed by atoms with Gasteiger partial charge in [0.05, 0.1) is 6.54 Å². The molecule has 19 heavy (non-hydrogen) atoms. The topological polar surface area (TPSA) is 32.3 Å². The monoisotopic (exact) mass is 262 g/mol. The Hall–Kier alpha value is -1.42. The standard InChI is InChI=1S/C15H19FN2O/c16-13-6-4-12(5-7-13)15-17-10-14(19)18(15)9-8-11-2-1-3-11/h4-7,11,15,17H,1-3,8-10H2. The summed E-state index contributed by atoms with van der Waals surface area (Å²) in [6.07, 6.45) is 4.93. The maximum Gasteiger partial charge on any atom is 0.238 e. The second-order valence-corrected chi connectivity index (χ2v) is 5.51. The third kappa shape index (κ3) is 2.63. The minimum atomic E-state index is -0.242. The van der Waals surface area contributed by atoms with Crippen molar-refractivity contribution in [1.82, 2.24) is 10.2 Å². The second-order valence-electron chi connectivity index (χ2n) is 5.51. The fraction of sp³-hybridized carbons (Fsp3) is 0.533. The SMILES string of the molecule is O=C1CNC(c2ccc(F)cc2)N1CCC1CCC1. The van der Waals surface area contributed by atoms with Crippen LogP contribution in [-0.2, 0) is 4.79 Å². The highest BCUT2D eigenvalue weighted by Crippen LogP contribution is 2.31. The Kier molecular flexibility index (Phi) is 3.51. The average Bonchev–Trinajstić information content (AvgIpc) is 2.70. The van der Waals surface area contributed by atoms with Crippen LogP contribution in [0.4, 0.5) is 4.39 Å². The third-order valence-electron chi connectivity index (χ3n) is 4.27. The van der Waals surface area contributed by atoms with Gasteiger partial charge in [0.25, 0.3) is 0 Å². The average molecular weight is 262 g/mol. The first-order valence-electron chi connectivity index (χ1n) is 7.02. The molecular formula is C15H19FN2O. The molecule has 2 aliphatic rings. The van der Waals surface area contributed by atoms with E-state index in [0.29, 0.717) is 6.54 Å². The van der Waals surface area contributed by atoms with E-state index < -0.39 is 0 Å². The summed E-state index contributed by atoms with van der Waals surface area (Å²) in [5.74, 6) is 0.699. The lowest BCUT2D eigenvalue weighted by Crippen LogP contribution is -2.33. The van der Waals surface area contributed by atoms with Crippen molar-refractivity contribution in [2.45, 2.75) is 31.8 Å². The van der Waals surface area contributed by atoms with Gasteiger partial charge >= 0.3 is 0 Å². The van der Waals surface area contributed by atoms with Gasteiger partial charge in [-0.15, -0.1) is 0 Å².